The lowest BCUT2D eigenvalue weighted by atomic mass is 10.2. The van der Waals surface area contributed by atoms with Gasteiger partial charge in [0.25, 0.3) is 5.91 Å². The van der Waals surface area contributed by atoms with E-state index in [1.807, 2.05) is 18.9 Å². The van der Waals surface area contributed by atoms with Crippen molar-refractivity contribution in [2.45, 2.75) is 13.0 Å². The molecule has 0 radical (unpaired) electrons. The number of nitrogens with two attached hydrogens (primary N) is 2. The Labute approximate surface area is 89.1 Å². The Kier molecular flexibility index (Phi) is 3.62. The fraction of sp³-hybridized carbons (Fsp3) is 0.400. The summed E-state index contributed by atoms with van der Waals surface area (Å²) in [6.07, 6.45) is 1.62. The SMILES string of the molecule is CC(N)CN(C)c1ncccc1C(N)=O. The molecule has 1 rings (SSSR count). The van der Waals surface area contributed by atoms with Crippen molar-refractivity contribution in [2.75, 3.05) is 18.5 Å². The molecule has 82 valence electrons. The smallest absolute Gasteiger partial charge is 0.252 e. The molecule has 1 aromatic rings. The van der Waals surface area contributed by atoms with Crippen molar-refractivity contribution >= 4 is 11.7 Å². The third-order valence-corrected chi connectivity index (χ3v) is 1.98. The second-order valence-corrected chi connectivity index (χ2v) is 3.60. The first-order valence-electron chi connectivity index (χ1n) is 4.74. The number of likely N-dealkylation sites (N-methyl/N-ethyl adjacent to an activating group) is 1. The number of anilines is 1. The molecule has 0 aliphatic carbocycles. The number of nitrogens with zero attached hydrogens (tertiary/aromatic N) is 2. The number of carbonyl (C=O) groups is 1. The van der Waals surface area contributed by atoms with Gasteiger partial charge in [0.1, 0.15) is 5.82 Å². The molecule has 1 atom stereocenters. The molecule has 5 nitrogen and oxygen atoms in total. The third kappa shape index (κ3) is 2.92. The molecular formula is C10H16N4O. The summed E-state index contributed by atoms with van der Waals surface area (Å²) in [5.74, 6) is 0.0944. The molecule has 1 aromatic heterocycles. The zero-order valence-corrected chi connectivity index (χ0v) is 8.97. The molecule has 15 heavy (non-hydrogen) atoms. The van der Waals surface area contributed by atoms with Gasteiger partial charge in [-0.1, -0.05) is 0 Å². The minimum atomic E-state index is -0.477. The summed E-state index contributed by atoms with van der Waals surface area (Å²) >= 11 is 0. The van der Waals surface area contributed by atoms with Gasteiger partial charge in [-0.25, -0.2) is 4.98 Å². The quantitative estimate of drug-likeness (QED) is 0.727. The molecule has 4 N–H and O–H groups in total. The average molecular weight is 208 g/mol. The van der Waals surface area contributed by atoms with E-state index in [0.29, 0.717) is 17.9 Å². The Bertz CT molecular complexity index is 351. The Hall–Kier alpha value is -1.62. The Morgan fingerprint density at radius 3 is 2.87 bits per heavy atom. The van der Waals surface area contributed by atoms with Crippen LogP contribution in [0.5, 0.6) is 0 Å². The number of rotatable bonds is 4. The number of hydrogen-bond acceptors (Lipinski definition) is 4. The van der Waals surface area contributed by atoms with Crippen LogP contribution in [0.3, 0.4) is 0 Å². The highest BCUT2D eigenvalue weighted by atomic mass is 16.1. The highest BCUT2D eigenvalue weighted by molar-refractivity contribution is 5.97. The Balaban J connectivity index is 2.97. The van der Waals surface area contributed by atoms with E-state index in [4.69, 9.17) is 11.5 Å². The van der Waals surface area contributed by atoms with Crippen LogP contribution in [0.25, 0.3) is 0 Å². The van der Waals surface area contributed by atoms with Gasteiger partial charge >= 0.3 is 0 Å². The Morgan fingerprint density at radius 1 is 1.67 bits per heavy atom. The van der Waals surface area contributed by atoms with Crippen molar-refractivity contribution < 1.29 is 4.79 Å². The molecular weight excluding hydrogens is 192 g/mol. The predicted octanol–water partition coefficient (Wildman–Crippen LogP) is -0.0361. The van der Waals surface area contributed by atoms with Crippen molar-refractivity contribution in [1.82, 2.24) is 4.98 Å². The largest absolute Gasteiger partial charge is 0.365 e. The number of hydrogen-bond donors (Lipinski definition) is 2. The Morgan fingerprint density at radius 2 is 2.33 bits per heavy atom. The molecule has 0 aliphatic heterocycles. The highest BCUT2D eigenvalue weighted by Crippen LogP contribution is 2.14. The normalized spacial score (nSPS) is 12.2. The maximum absolute atomic E-state index is 11.1. The van der Waals surface area contributed by atoms with Gasteiger partial charge in [0.15, 0.2) is 0 Å². The van der Waals surface area contributed by atoms with Crippen molar-refractivity contribution in [3.8, 4) is 0 Å². The summed E-state index contributed by atoms with van der Waals surface area (Å²) in [6.45, 7) is 2.51. The summed E-state index contributed by atoms with van der Waals surface area (Å²) < 4.78 is 0. The maximum Gasteiger partial charge on any atom is 0.252 e. The first kappa shape index (κ1) is 11.5. The van der Waals surface area contributed by atoms with Crippen LogP contribution in [0.4, 0.5) is 5.82 Å². The van der Waals surface area contributed by atoms with Gasteiger partial charge in [-0.3, -0.25) is 4.79 Å². The van der Waals surface area contributed by atoms with Gasteiger partial charge in [0.05, 0.1) is 5.56 Å². The first-order chi connectivity index (χ1) is 7.02. The molecule has 1 amide bonds. The minimum absolute atomic E-state index is 0.0118. The van der Waals surface area contributed by atoms with Crippen molar-refractivity contribution in [3.63, 3.8) is 0 Å². The fourth-order valence-electron chi connectivity index (χ4n) is 1.41. The lowest BCUT2D eigenvalue weighted by Gasteiger charge is -2.21. The van der Waals surface area contributed by atoms with E-state index in [-0.39, 0.29) is 6.04 Å². The fourth-order valence-corrected chi connectivity index (χ4v) is 1.41. The van der Waals surface area contributed by atoms with Crippen molar-refractivity contribution in [2.24, 2.45) is 11.5 Å². The number of primary amides is 1. The van der Waals surface area contributed by atoms with Crippen LogP contribution in [0, 0.1) is 0 Å². The second kappa shape index (κ2) is 4.75. The van der Waals surface area contributed by atoms with Crippen LogP contribution in [0.15, 0.2) is 18.3 Å². The summed E-state index contributed by atoms with van der Waals surface area (Å²) in [7, 11) is 1.83. The van der Waals surface area contributed by atoms with Crippen LogP contribution >= 0.6 is 0 Å². The van der Waals surface area contributed by atoms with Gasteiger partial charge in [-0.15, -0.1) is 0 Å². The highest BCUT2D eigenvalue weighted by Gasteiger charge is 2.13. The van der Waals surface area contributed by atoms with E-state index in [2.05, 4.69) is 4.98 Å². The molecule has 0 bridgehead atoms. The summed E-state index contributed by atoms with van der Waals surface area (Å²) in [5.41, 5.74) is 11.3. The zero-order chi connectivity index (χ0) is 11.4. The van der Waals surface area contributed by atoms with E-state index >= 15 is 0 Å². The summed E-state index contributed by atoms with van der Waals surface area (Å²) in [4.78, 5) is 17.1. The van der Waals surface area contributed by atoms with Crippen LogP contribution in [-0.2, 0) is 0 Å². The van der Waals surface area contributed by atoms with E-state index < -0.39 is 5.91 Å². The van der Waals surface area contributed by atoms with Gasteiger partial charge in [-0.05, 0) is 19.1 Å². The molecule has 0 spiro atoms. The van der Waals surface area contributed by atoms with E-state index in [1.54, 1.807) is 18.3 Å². The van der Waals surface area contributed by atoms with Gasteiger partial charge in [0, 0.05) is 25.8 Å². The lowest BCUT2D eigenvalue weighted by Crippen LogP contribution is -2.34. The number of carbonyl (C=O) groups excluding carboxylic acids is 1. The second-order valence-electron chi connectivity index (χ2n) is 3.60. The predicted molar refractivity (Wildman–Crippen MR) is 59.7 cm³/mol. The molecule has 0 saturated carbocycles. The topological polar surface area (TPSA) is 85.2 Å². The average Bonchev–Trinajstić information content (AvgIpc) is 2.16. The summed E-state index contributed by atoms with van der Waals surface area (Å²) in [6, 6.07) is 3.35. The monoisotopic (exact) mass is 208 g/mol. The number of aromatic nitrogens is 1. The minimum Gasteiger partial charge on any atom is -0.365 e. The molecule has 0 saturated heterocycles. The molecule has 5 heteroatoms. The van der Waals surface area contributed by atoms with Crippen molar-refractivity contribution in [1.29, 1.82) is 0 Å². The molecule has 0 aliphatic rings. The summed E-state index contributed by atoms with van der Waals surface area (Å²) in [5, 5.41) is 0. The van der Waals surface area contributed by atoms with Gasteiger partial charge < -0.3 is 16.4 Å². The first-order valence-corrected chi connectivity index (χ1v) is 4.74. The van der Waals surface area contributed by atoms with E-state index in [1.165, 1.54) is 0 Å². The van der Waals surface area contributed by atoms with Crippen LogP contribution in [0.2, 0.25) is 0 Å². The maximum atomic E-state index is 11.1. The van der Waals surface area contributed by atoms with Crippen LogP contribution < -0.4 is 16.4 Å². The van der Waals surface area contributed by atoms with Crippen LogP contribution in [-0.4, -0.2) is 30.5 Å². The van der Waals surface area contributed by atoms with E-state index in [9.17, 15) is 4.79 Å². The molecule has 0 fully saturated rings. The number of amides is 1. The zero-order valence-electron chi connectivity index (χ0n) is 8.97. The van der Waals surface area contributed by atoms with E-state index in [0.717, 1.165) is 0 Å². The van der Waals surface area contributed by atoms with Gasteiger partial charge in [0.2, 0.25) is 0 Å². The lowest BCUT2D eigenvalue weighted by molar-refractivity contribution is 0.100. The van der Waals surface area contributed by atoms with Crippen LogP contribution in [0.1, 0.15) is 17.3 Å². The molecule has 0 aromatic carbocycles. The molecule has 1 unspecified atom stereocenters. The van der Waals surface area contributed by atoms with Crippen molar-refractivity contribution in [3.05, 3.63) is 23.9 Å². The van der Waals surface area contributed by atoms with Gasteiger partial charge in [-0.2, -0.15) is 0 Å². The standard InChI is InChI=1S/C10H16N4O/c1-7(11)6-14(2)10-8(9(12)15)4-3-5-13-10/h3-5,7H,6,11H2,1-2H3,(H2,12,15). The molecule has 1 heterocycles. The third-order valence-electron chi connectivity index (χ3n) is 1.98. The number of pyridine rings is 1.